The predicted octanol–water partition coefficient (Wildman–Crippen LogP) is 5.45. The lowest BCUT2D eigenvalue weighted by Gasteiger charge is -2.36. The van der Waals surface area contributed by atoms with Crippen LogP contribution in [-0.2, 0) is 15.1 Å². The molecule has 0 fully saturated rings. The molecule has 0 radical (unpaired) electrons. The van der Waals surface area contributed by atoms with Crippen molar-refractivity contribution < 1.29 is 9.47 Å². The molecule has 0 saturated carbocycles. The molecule has 3 aromatic carbocycles. The zero-order valence-electron chi connectivity index (χ0n) is 23.5. The first-order valence-corrected chi connectivity index (χ1v) is 13.0. The smallest absolute Gasteiger partial charge is 0.143 e. The van der Waals surface area contributed by atoms with Crippen LogP contribution in [0.15, 0.2) is 91.0 Å². The van der Waals surface area contributed by atoms with Crippen LogP contribution >= 0.6 is 0 Å². The second kappa shape index (κ2) is 18.4. The van der Waals surface area contributed by atoms with Gasteiger partial charge in [-0.05, 0) is 107 Å². The van der Waals surface area contributed by atoms with Crippen molar-refractivity contribution in [1.82, 2.24) is 0 Å². The van der Waals surface area contributed by atoms with Gasteiger partial charge in [-0.15, -0.1) is 0 Å². The Labute approximate surface area is 250 Å². The molecule has 0 aliphatic heterocycles. The van der Waals surface area contributed by atoms with E-state index in [1.807, 2.05) is 54.6 Å². The fourth-order valence-electron chi connectivity index (χ4n) is 3.84. The summed E-state index contributed by atoms with van der Waals surface area (Å²) >= 11 is 0. The van der Waals surface area contributed by atoms with Crippen LogP contribution in [0.3, 0.4) is 0 Å². The minimum atomic E-state index is -0.820. The van der Waals surface area contributed by atoms with Gasteiger partial charge in [0.25, 0.3) is 0 Å². The molecule has 0 bridgehead atoms. The second-order valence-electron chi connectivity index (χ2n) is 8.33. The Balaban J connectivity index is 1.69. The van der Waals surface area contributed by atoms with E-state index in [0.29, 0.717) is 13.0 Å². The van der Waals surface area contributed by atoms with Gasteiger partial charge in [-0.3, -0.25) is 0 Å². The van der Waals surface area contributed by atoms with Gasteiger partial charge < -0.3 is 9.47 Å². The quantitative estimate of drug-likeness (QED) is 0.281. The highest BCUT2D eigenvalue weighted by atomic mass is 16.5. The van der Waals surface area contributed by atoms with Crippen LogP contribution in [0.25, 0.3) is 0 Å². The summed E-state index contributed by atoms with van der Waals surface area (Å²) < 4.78 is 12.5. The van der Waals surface area contributed by atoms with Gasteiger partial charge in [0.05, 0.1) is 12.7 Å². The number of benzene rings is 3. The molecule has 2 nitrogen and oxygen atoms in total. The van der Waals surface area contributed by atoms with E-state index in [4.69, 9.17) is 9.47 Å². The van der Waals surface area contributed by atoms with Crippen LogP contribution in [0, 0.1) is 94.7 Å². The van der Waals surface area contributed by atoms with Crippen molar-refractivity contribution >= 4 is 0 Å². The van der Waals surface area contributed by atoms with Crippen LogP contribution in [0.5, 0.6) is 0 Å². The Bertz CT molecular complexity index is 1730. The van der Waals surface area contributed by atoms with E-state index in [1.54, 1.807) is 14.0 Å². The first-order chi connectivity index (χ1) is 20.8. The van der Waals surface area contributed by atoms with Crippen molar-refractivity contribution in [2.45, 2.75) is 25.0 Å². The number of hydrogen-bond acceptors (Lipinski definition) is 2. The van der Waals surface area contributed by atoms with Gasteiger partial charge in [0.2, 0.25) is 0 Å². The highest BCUT2D eigenvalue weighted by Gasteiger charge is 2.38. The molecule has 3 rings (SSSR count). The zero-order chi connectivity index (χ0) is 29.6. The maximum Gasteiger partial charge on any atom is 0.143 e. The Morgan fingerprint density at radius 2 is 0.881 bits per heavy atom. The van der Waals surface area contributed by atoms with Crippen molar-refractivity contribution in [2.24, 2.45) is 0 Å². The molecule has 0 aliphatic rings. The molecule has 0 N–H and O–H groups in total. The average molecular weight is 539 g/mol. The van der Waals surface area contributed by atoms with E-state index >= 15 is 0 Å². The number of rotatable bonds is 8. The Morgan fingerprint density at radius 1 is 0.524 bits per heavy atom. The maximum atomic E-state index is 6.82. The summed E-state index contributed by atoms with van der Waals surface area (Å²) in [6, 6.07) is 30.7. The SMILES string of the molecule is CC#CC#CC#CC#CC#CC#CC#CC#CCC(COC(c1ccccc1)(c1ccccc1)c1ccccc1)OC. The van der Waals surface area contributed by atoms with Crippen LogP contribution in [0.2, 0.25) is 0 Å². The monoisotopic (exact) mass is 538 g/mol. The summed E-state index contributed by atoms with van der Waals surface area (Å²) in [6.45, 7) is 2.02. The van der Waals surface area contributed by atoms with E-state index < -0.39 is 5.60 Å². The van der Waals surface area contributed by atoms with Gasteiger partial charge in [-0.2, -0.15) is 0 Å². The van der Waals surface area contributed by atoms with Crippen molar-refractivity contribution in [1.29, 1.82) is 0 Å². The van der Waals surface area contributed by atoms with Crippen molar-refractivity contribution in [3.8, 4) is 94.7 Å². The first kappa shape index (κ1) is 30.6. The number of hydrogen-bond donors (Lipinski definition) is 0. The van der Waals surface area contributed by atoms with Crippen LogP contribution in [0.1, 0.15) is 30.0 Å². The first-order valence-electron chi connectivity index (χ1n) is 13.0. The molecule has 1 unspecified atom stereocenters. The molecule has 0 saturated heterocycles. The Hall–Kier alpha value is -5.94. The van der Waals surface area contributed by atoms with Gasteiger partial charge in [-0.25, -0.2) is 0 Å². The number of methoxy groups -OCH3 is 1. The van der Waals surface area contributed by atoms with Crippen LogP contribution in [0.4, 0.5) is 0 Å². The van der Waals surface area contributed by atoms with Gasteiger partial charge in [-0.1, -0.05) is 103 Å². The zero-order valence-corrected chi connectivity index (χ0v) is 23.5. The Kier molecular flexibility index (Phi) is 13.4. The van der Waals surface area contributed by atoms with Gasteiger partial charge in [0.1, 0.15) is 5.60 Å². The lowest BCUT2D eigenvalue weighted by atomic mass is 9.80. The lowest BCUT2D eigenvalue weighted by Crippen LogP contribution is -2.36. The van der Waals surface area contributed by atoms with Crippen molar-refractivity contribution in [3.05, 3.63) is 108 Å². The molecule has 0 aromatic heterocycles. The fourth-order valence-corrected chi connectivity index (χ4v) is 3.84. The van der Waals surface area contributed by atoms with Crippen molar-refractivity contribution in [2.75, 3.05) is 13.7 Å². The molecule has 0 amide bonds. The molecule has 0 spiro atoms. The molecule has 1 atom stereocenters. The molecular weight excluding hydrogens is 512 g/mol. The highest BCUT2D eigenvalue weighted by molar-refractivity contribution is 5.48. The summed E-state index contributed by atoms with van der Waals surface area (Å²) in [5, 5.41) is 0. The largest absolute Gasteiger partial charge is 0.378 e. The minimum Gasteiger partial charge on any atom is -0.378 e. The standard InChI is InChI=1S/C40H26O2/c1-3-4-5-6-7-8-9-10-11-12-13-14-15-16-17-27-34-39(41-2)35-42-40(36-28-21-18-22-29-36,37-30-23-19-24-31-37)38-32-25-20-26-33-38/h18-26,28-33,39H,34-35H2,1-2H3. The summed E-state index contributed by atoms with van der Waals surface area (Å²) in [5.74, 6) is 42.2. The molecular formula is C40H26O2. The fraction of sp³-hybridized carbons (Fsp3) is 0.150. The second-order valence-corrected chi connectivity index (χ2v) is 8.33. The predicted molar refractivity (Wildman–Crippen MR) is 168 cm³/mol. The average Bonchev–Trinajstić information content (AvgIpc) is 3.05. The van der Waals surface area contributed by atoms with Gasteiger partial charge in [0, 0.05) is 13.5 Å². The van der Waals surface area contributed by atoms with Crippen LogP contribution < -0.4 is 0 Å². The van der Waals surface area contributed by atoms with E-state index in [2.05, 4.69) is 131 Å². The maximum absolute atomic E-state index is 6.82. The summed E-state index contributed by atoms with van der Waals surface area (Å²) in [5.41, 5.74) is 2.27. The third-order valence-corrected chi connectivity index (χ3v) is 5.72. The minimum absolute atomic E-state index is 0.265. The lowest BCUT2D eigenvalue weighted by molar-refractivity contribution is -0.0497. The van der Waals surface area contributed by atoms with Crippen molar-refractivity contribution in [3.63, 3.8) is 0 Å². The third kappa shape index (κ3) is 9.67. The van der Waals surface area contributed by atoms with Gasteiger partial charge >= 0.3 is 0 Å². The normalized spacial score (nSPS) is 9.38. The molecule has 0 heterocycles. The highest BCUT2D eigenvalue weighted by Crippen LogP contribution is 2.40. The summed E-state index contributed by atoms with van der Waals surface area (Å²) in [4.78, 5) is 0. The van der Waals surface area contributed by atoms with E-state index in [0.717, 1.165) is 16.7 Å². The summed E-state index contributed by atoms with van der Waals surface area (Å²) in [6.07, 6.45) is 0.179. The Morgan fingerprint density at radius 3 is 1.24 bits per heavy atom. The molecule has 2 heteroatoms. The topological polar surface area (TPSA) is 18.5 Å². The molecule has 42 heavy (non-hydrogen) atoms. The third-order valence-electron chi connectivity index (χ3n) is 5.72. The van der Waals surface area contributed by atoms with Crippen LogP contribution in [-0.4, -0.2) is 19.8 Å². The van der Waals surface area contributed by atoms with E-state index in [-0.39, 0.29) is 6.10 Å². The molecule has 0 aliphatic carbocycles. The van der Waals surface area contributed by atoms with E-state index in [9.17, 15) is 0 Å². The number of ether oxygens (including phenoxy) is 2. The summed E-state index contributed by atoms with van der Waals surface area (Å²) in [7, 11) is 1.66. The van der Waals surface area contributed by atoms with E-state index in [1.165, 1.54) is 0 Å². The molecule has 198 valence electrons. The molecule has 3 aromatic rings. The van der Waals surface area contributed by atoms with Gasteiger partial charge in [0.15, 0.2) is 0 Å².